The summed E-state index contributed by atoms with van der Waals surface area (Å²) in [7, 11) is -3.35. The molecule has 2 amide bonds. The van der Waals surface area contributed by atoms with Gasteiger partial charge in [-0.25, -0.2) is 13.2 Å². The number of amides is 2. The fourth-order valence-corrected chi connectivity index (χ4v) is 3.45. The van der Waals surface area contributed by atoms with Crippen molar-refractivity contribution in [3.8, 4) is 0 Å². The van der Waals surface area contributed by atoms with Gasteiger partial charge >= 0.3 is 6.03 Å². The Hall–Kier alpha value is -1.67. The lowest BCUT2D eigenvalue weighted by molar-refractivity contribution is 0.0945. The van der Waals surface area contributed by atoms with Crippen molar-refractivity contribution in [1.29, 1.82) is 0 Å². The first-order valence-electron chi connectivity index (χ1n) is 7.49. The van der Waals surface area contributed by atoms with Crippen molar-refractivity contribution in [2.24, 2.45) is 0 Å². The number of nitrogens with one attached hydrogen (secondary N) is 1. The summed E-state index contributed by atoms with van der Waals surface area (Å²) in [5, 5.41) is 2.88. The number of likely N-dealkylation sites (tertiary alicyclic amines) is 1. The molecule has 1 aliphatic rings. The highest BCUT2D eigenvalue weighted by Crippen LogP contribution is 2.21. The van der Waals surface area contributed by atoms with Crippen molar-refractivity contribution in [2.45, 2.75) is 38.9 Å². The maximum atomic E-state index is 12.1. The highest BCUT2D eigenvalue weighted by atomic mass is 32.2. The second kappa shape index (κ2) is 6.45. The van der Waals surface area contributed by atoms with Crippen LogP contribution in [0.25, 0.3) is 0 Å². The van der Waals surface area contributed by atoms with E-state index in [-0.39, 0.29) is 17.6 Å². The van der Waals surface area contributed by atoms with Crippen LogP contribution in [-0.2, 0) is 16.6 Å². The molecule has 7 nitrogen and oxygen atoms in total. The predicted molar refractivity (Wildman–Crippen MR) is 88.3 cm³/mol. The molecule has 1 saturated heterocycles. The molecule has 0 aliphatic carbocycles. The number of hydrogen-bond acceptors (Lipinski definition) is 4. The molecule has 0 spiro atoms. The molecule has 0 aromatic carbocycles. The number of rotatable bonds is 4. The zero-order chi connectivity index (χ0) is 17.3. The number of carbonyl (C=O) groups excluding carboxylic acids is 1. The Balaban J connectivity index is 2.00. The second-order valence-electron chi connectivity index (χ2n) is 6.90. The minimum Gasteiger partial charge on any atom is -0.333 e. The molecule has 1 aromatic heterocycles. The first-order chi connectivity index (χ1) is 10.6. The maximum Gasteiger partial charge on any atom is 0.317 e. The number of sulfonamides is 1. The summed E-state index contributed by atoms with van der Waals surface area (Å²) < 4.78 is 25.6. The van der Waals surface area contributed by atoms with Crippen LogP contribution >= 0.6 is 0 Å². The van der Waals surface area contributed by atoms with Crippen LogP contribution in [0.15, 0.2) is 24.5 Å². The van der Waals surface area contributed by atoms with Gasteiger partial charge in [0.1, 0.15) is 0 Å². The number of urea groups is 1. The van der Waals surface area contributed by atoms with Crippen molar-refractivity contribution in [3.05, 3.63) is 30.1 Å². The molecular formula is C15H24N4O3S. The van der Waals surface area contributed by atoms with Gasteiger partial charge in [0, 0.05) is 37.6 Å². The zero-order valence-electron chi connectivity index (χ0n) is 14.0. The molecule has 2 heterocycles. The molecule has 1 N–H and O–H groups in total. The van der Waals surface area contributed by atoms with Gasteiger partial charge in [0.2, 0.25) is 10.0 Å². The van der Waals surface area contributed by atoms with E-state index in [1.807, 2.05) is 20.8 Å². The molecule has 8 heteroatoms. The van der Waals surface area contributed by atoms with Crippen molar-refractivity contribution in [2.75, 3.05) is 19.3 Å². The summed E-state index contributed by atoms with van der Waals surface area (Å²) >= 11 is 0. The molecule has 23 heavy (non-hydrogen) atoms. The van der Waals surface area contributed by atoms with E-state index >= 15 is 0 Å². The molecule has 2 rings (SSSR count). The normalized spacial score (nSPS) is 16.3. The number of carbonyl (C=O) groups is 1. The topological polar surface area (TPSA) is 82.6 Å². The Bertz CT molecular complexity index is 649. The zero-order valence-corrected chi connectivity index (χ0v) is 14.8. The number of aromatic nitrogens is 1. The molecule has 128 valence electrons. The number of nitrogens with zero attached hydrogens (tertiary/aromatic N) is 3. The van der Waals surface area contributed by atoms with E-state index in [1.165, 1.54) is 10.6 Å². The van der Waals surface area contributed by atoms with Crippen LogP contribution < -0.4 is 5.32 Å². The summed E-state index contributed by atoms with van der Waals surface area (Å²) in [5.41, 5.74) is 0.568. The lowest BCUT2D eigenvalue weighted by Crippen LogP contribution is -2.64. The largest absolute Gasteiger partial charge is 0.333 e. The summed E-state index contributed by atoms with van der Waals surface area (Å²) in [4.78, 5) is 17.6. The molecule has 0 radical (unpaired) electrons. The van der Waals surface area contributed by atoms with Gasteiger partial charge in [0.05, 0.1) is 12.3 Å². The van der Waals surface area contributed by atoms with Crippen molar-refractivity contribution in [3.63, 3.8) is 0 Å². The van der Waals surface area contributed by atoms with Crippen LogP contribution in [0.5, 0.6) is 0 Å². The summed E-state index contributed by atoms with van der Waals surface area (Å²) in [6, 6.07) is 3.23. The van der Waals surface area contributed by atoms with E-state index in [9.17, 15) is 13.2 Å². The molecule has 0 unspecified atom stereocenters. The van der Waals surface area contributed by atoms with E-state index < -0.39 is 10.0 Å². The van der Waals surface area contributed by atoms with Crippen molar-refractivity contribution in [1.82, 2.24) is 19.5 Å². The van der Waals surface area contributed by atoms with E-state index in [0.29, 0.717) is 19.6 Å². The van der Waals surface area contributed by atoms with Gasteiger partial charge in [-0.3, -0.25) is 4.98 Å². The van der Waals surface area contributed by atoms with Crippen molar-refractivity contribution < 1.29 is 13.2 Å². The molecular weight excluding hydrogens is 316 g/mol. The first kappa shape index (κ1) is 17.7. The fraction of sp³-hybridized carbons (Fsp3) is 0.600. The van der Waals surface area contributed by atoms with E-state index in [1.54, 1.807) is 29.4 Å². The summed E-state index contributed by atoms with van der Waals surface area (Å²) in [6.07, 6.45) is 4.48. The second-order valence-corrected chi connectivity index (χ2v) is 8.84. The molecule has 1 aliphatic heterocycles. The molecule has 0 saturated carbocycles. The highest BCUT2D eigenvalue weighted by molar-refractivity contribution is 7.88. The minimum atomic E-state index is -3.35. The Labute approximate surface area is 137 Å². The van der Waals surface area contributed by atoms with Gasteiger partial charge in [-0.15, -0.1) is 0 Å². The van der Waals surface area contributed by atoms with E-state index in [0.717, 1.165) is 5.56 Å². The van der Waals surface area contributed by atoms with Gasteiger partial charge in [-0.05, 0) is 38.5 Å². The maximum absolute atomic E-state index is 12.1. The molecule has 1 aromatic rings. The van der Waals surface area contributed by atoms with Gasteiger partial charge in [-0.2, -0.15) is 4.31 Å². The Morgan fingerprint density at radius 2 is 1.91 bits per heavy atom. The number of hydrogen-bond donors (Lipinski definition) is 1. The van der Waals surface area contributed by atoms with Crippen molar-refractivity contribution >= 4 is 16.1 Å². The average Bonchev–Trinajstić information content (AvgIpc) is 2.33. The van der Waals surface area contributed by atoms with Gasteiger partial charge < -0.3 is 10.2 Å². The summed E-state index contributed by atoms with van der Waals surface area (Å²) in [5.74, 6) is 0. The number of pyridine rings is 1. The quantitative estimate of drug-likeness (QED) is 0.888. The van der Waals surface area contributed by atoms with Crippen LogP contribution in [0.2, 0.25) is 0 Å². The lowest BCUT2D eigenvalue weighted by Gasteiger charge is -2.44. The highest BCUT2D eigenvalue weighted by Gasteiger charge is 2.39. The molecule has 0 bridgehead atoms. The smallest absolute Gasteiger partial charge is 0.317 e. The van der Waals surface area contributed by atoms with E-state index in [2.05, 4.69) is 10.3 Å². The lowest BCUT2D eigenvalue weighted by atomic mass is 10.1. The van der Waals surface area contributed by atoms with Crippen LogP contribution in [0.4, 0.5) is 4.79 Å². The average molecular weight is 340 g/mol. The molecule has 1 fully saturated rings. The third-order valence-corrected chi connectivity index (χ3v) is 4.83. The van der Waals surface area contributed by atoms with Gasteiger partial charge in [-0.1, -0.05) is 0 Å². The SMILES string of the molecule is CC(C)(C)NC(=O)N1CC(N(Cc2ccncc2)S(C)(=O)=O)C1. The molecule has 0 atom stereocenters. The van der Waals surface area contributed by atoms with Crippen LogP contribution in [-0.4, -0.2) is 59.6 Å². The fourth-order valence-electron chi connectivity index (χ4n) is 2.39. The standard InChI is InChI=1S/C15H24N4O3S/c1-15(2,3)17-14(20)18-10-13(11-18)19(23(4,21)22)9-12-5-7-16-8-6-12/h5-8,13H,9-11H2,1-4H3,(H,17,20). The predicted octanol–water partition coefficient (Wildman–Crippen LogP) is 1.04. The third kappa shape index (κ3) is 4.90. The van der Waals surface area contributed by atoms with Gasteiger partial charge in [0.25, 0.3) is 0 Å². The summed E-state index contributed by atoms with van der Waals surface area (Å²) in [6.45, 7) is 6.83. The van der Waals surface area contributed by atoms with Crippen LogP contribution in [0, 0.1) is 0 Å². The van der Waals surface area contributed by atoms with Crippen LogP contribution in [0.3, 0.4) is 0 Å². The van der Waals surface area contributed by atoms with Crippen LogP contribution in [0.1, 0.15) is 26.3 Å². The Morgan fingerprint density at radius 1 is 1.35 bits per heavy atom. The third-order valence-electron chi connectivity index (χ3n) is 3.55. The Kier molecular flexibility index (Phi) is 4.95. The minimum absolute atomic E-state index is 0.161. The monoisotopic (exact) mass is 340 g/mol. The van der Waals surface area contributed by atoms with Gasteiger partial charge in [0.15, 0.2) is 0 Å². The first-order valence-corrected chi connectivity index (χ1v) is 9.34. The Morgan fingerprint density at radius 3 is 2.39 bits per heavy atom. The van der Waals surface area contributed by atoms with E-state index in [4.69, 9.17) is 0 Å².